The minimum absolute atomic E-state index is 0.139. The van der Waals surface area contributed by atoms with E-state index in [1.165, 1.54) is 0 Å². The fourth-order valence-electron chi connectivity index (χ4n) is 0.633. The average Bonchev–Trinajstić information content (AvgIpc) is 2.03. The van der Waals surface area contributed by atoms with Gasteiger partial charge in [-0.05, 0) is 0 Å². The van der Waals surface area contributed by atoms with Crippen molar-refractivity contribution in [2.45, 2.75) is 0 Å². The molecule has 1 rings (SSSR count). The van der Waals surface area contributed by atoms with Crippen LogP contribution in [0.2, 0.25) is 0 Å². The van der Waals surface area contributed by atoms with Crippen molar-refractivity contribution in [1.82, 2.24) is 0 Å². The maximum Gasteiger partial charge on any atom is 0.186 e. The average molecular weight is 152 g/mol. The molecule has 0 unspecified atom stereocenters. The first-order valence-corrected chi connectivity index (χ1v) is 2.82. The fraction of sp³-hybridized carbons (Fsp3) is 0. The number of carbonyl (C=O) groups is 2. The Labute approximate surface area is 61.5 Å². The molecule has 0 aromatic carbocycles. The normalized spacial score (nSPS) is 9.09. The molecule has 0 bridgehead atoms. The number of hydrogen-bond acceptors (Lipinski definition) is 4. The molecule has 4 nitrogen and oxygen atoms in total. The lowest BCUT2D eigenvalue weighted by atomic mass is 10.3. The summed E-state index contributed by atoms with van der Waals surface area (Å²) in [6.07, 6.45) is 0.739. The zero-order chi connectivity index (χ0) is 8.27. The highest BCUT2D eigenvalue weighted by Crippen LogP contribution is 1.94. The second-order valence-electron chi connectivity index (χ2n) is 1.83. The smallest absolute Gasteiger partial charge is 0.186 e. The molecule has 1 aromatic heterocycles. The van der Waals surface area contributed by atoms with Crippen molar-refractivity contribution in [3.63, 3.8) is 0 Å². The van der Waals surface area contributed by atoms with Gasteiger partial charge in [0.1, 0.15) is 0 Å². The molecule has 0 saturated heterocycles. The summed E-state index contributed by atoms with van der Waals surface area (Å²) in [5.74, 6) is -0.279. The van der Waals surface area contributed by atoms with Gasteiger partial charge in [0.05, 0.1) is 0 Å². The van der Waals surface area contributed by atoms with Crippen LogP contribution in [0.3, 0.4) is 0 Å². The molecule has 0 fully saturated rings. The van der Waals surface area contributed by atoms with Gasteiger partial charge in [-0.25, -0.2) is 0 Å². The first kappa shape index (κ1) is 7.40. The maximum atomic E-state index is 10.7. The van der Waals surface area contributed by atoms with Gasteiger partial charge < -0.3 is 4.42 Å². The summed E-state index contributed by atoms with van der Waals surface area (Å²) in [6.45, 7) is 0. The van der Waals surface area contributed by atoms with Crippen molar-refractivity contribution in [3.05, 3.63) is 33.9 Å². The van der Waals surface area contributed by atoms with Crippen LogP contribution in [0.25, 0.3) is 0 Å². The highest BCUT2D eigenvalue weighted by molar-refractivity contribution is 5.74. The summed E-state index contributed by atoms with van der Waals surface area (Å²) in [7, 11) is 0. The molecule has 0 aliphatic carbocycles. The molecule has 1 aromatic rings. The van der Waals surface area contributed by atoms with Crippen LogP contribution in [0.15, 0.2) is 21.3 Å². The third-order valence-electron chi connectivity index (χ3n) is 1.04. The number of carbonyl (C=O) groups excluding carboxylic acids is 2. The minimum atomic E-state index is -0.416. The van der Waals surface area contributed by atoms with Crippen LogP contribution in [0.5, 0.6) is 0 Å². The molecule has 56 valence electrons. The topological polar surface area (TPSA) is 64.3 Å². The molecule has 0 N–H and O–H groups in total. The molecule has 0 saturated carbocycles. The van der Waals surface area contributed by atoms with Gasteiger partial charge in [0.15, 0.2) is 29.5 Å². The number of aldehydes is 2. The van der Waals surface area contributed by atoms with E-state index in [2.05, 4.69) is 4.42 Å². The third-order valence-corrected chi connectivity index (χ3v) is 1.04. The van der Waals surface area contributed by atoms with E-state index in [0.29, 0.717) is 12.6 Å². The predicted molar refractivity (Wildman–Crippen MR) is 35.8 cm³/mol. The van der Waals surface area contributed by atoms with Crippen LogP contribution < -0.4 is 5.43 Å². The minimum Gasteiger partial charge on any atom is -0.450 e. The fourth-order valence-corrected chi connectivity index (χ4v) is 0.633. The van der Waals surface area contributed by atoms with Gasteiger partial charge >= 0.3 is 0 Å². The van der Waals surface area contributed by atoms with Gasteiger partial charge in [-0.1, -0.05) is 0 Å². The Kier molecular flexibility index (Phi) is 1.96. The quantitative estimate of drug-likeness (QED) is 0.570. The van der Waals surface area contributed by atoms with Gasteiger partial charge in [-0.3, -0.25) is 14.4 Å². The zero-order valence-electron chi connectivity index (χ0n) is 5.44. The molecule has 0 spiro atoms. The summed E-state index contributed by atoms with van der Waals surface area (Å²) in [5.41, 5.74) is -0.416. The van der Waals surface area contributed by atoms with Crippen molar-refractivity contribution < 1.29 is 14.0 Å². The van der Waals surface area contributed by atoms with Crippen molar-refractivity contribution in [2.75, 3.05) is 0 Å². The van der Waals surface area contributed by atoms with E-state index >= 15 is 0 Å². The SMILES string of the molecule is O=Cc1cc(=O)cc(C=O)o1. The number of hydrogen-bond donors (Lipinski definition) is 0. The van der Waals surface area contributed by atoms with E-state index in [1.54, 1.807) is 0 Å². The molecule has 0 aliphatic heterocycles. The van der Waals surface area contributed by atoms with Crippen LogP contribution >= 0.6 is 0 Å². The van der Waals surface area contributed by atoms with Crippen molar-refractivity contribution >= 4 is 12.6 Å². The molecule has 11 heavy (non-hydrogen) atoms. The highest BCUT2D eigenvalue weighted by atomic mass is 16.3. The van der Waals surface area contributed by atoms with E-state index < -0.39 is 5.43 Å². The third kappa shape index (κ3) is 1.61. The van der Waals surface area contributed by atoms with E-state index in [4.69, 9.17) is 0 Å². The molecular formula is C7H4O4. The maximum absolute atomic E-state index is 10.7. The molecule has 1 heterocycles. The Balaban J connectivity index is 3.33. The molecule has 0 amide bonds. The van der Waals surface area contributed by atoms with Crippen LogP contribution in [-0.4, -0.2) is 12.6 Å². The van der Waals surface area contributed by atoms with Gasteiger partial charge in [-0.2, -0.15) is 0 Å². The number of rotatable bonds is 2. The summed E-state index contributed by atoms with van der Waals surface area (Å²) >= 11 is 0. The Morgan fingerprint density at radius 3 is 1.91 bits per heavy atom. The Morgan fingerprint density at radius 1 is 1.09 bits per heavy atom. The molecule has 4 heteroatoms. The lowest BCUT2D eigenvalue weighted by molar-refractivity contribution is 0.107. The van der Waals surface area contributed by atoms with Crippen molar-refractivity contribution in [3.8, 4) is 0 Å². The standard InChI is InChI=1S/C7H4O4/c8-3-6-1-5(10)2-7(4-9)11-6/h1-4H. The van der Waals surface area contributed by atoms with Gasteiger partial charge in [0.25, 0.3) is 0 Å². The molecular weight excluding hydrogens is 148 g/mol. The van der Waals surface area contributed by atoms with Crippen molar-refractivity contribution in [2.24, 2.45) is 0 Å². The Hall–Kier alpha value is -1.71. The summed E-state index contributed by atoms with van der Waals surface area (Å²) in [5, 5.41) is 0. The van der Waals surface area contributed by atoms with Crippen LogP contribution in [0, 0.1) is 0 Å². The Morgan fingerprint density at radius 2 is 1.55 bits per heavy atom. The van der Waals surface area contributed by atoms with E-state index in [9.17, 15) is 14.4 Å². The second-order valence-corrected chi connectivity index (χ2v) is 1.83. The van der Waals surface area contributed by atoms with Crippen LogP contribution in [-0.2, 0) is 0 Å². The largest absolute Gasteiger partial charge is 0.450 e. The first-order chi connectivity index (χ1) is 5.26. The van der Waals surface area contributed by atoms with Gasteiger partial charge in [-0.15, -0.1) is 0 Å². The highest BCUT2D eigenvalue weighted by Gasteiger charge is 1.98. The lowest BCUT2D eigenvalue weighted by Crippen LogP contribution is -2.01. The summed E-state index contributed by atoms with van der Waals surface area (Å²) in [6, 6.07) is 2.03. The Bertz CT molecular complexity index is 307. The summed E-state index contributed by atoms with van der Waals surface area (Å²) in [4.78, 5) is 30.8. The van der Waals surface area contributed by atoms with Crippen LogP contribution in [0.1, 0.15) is 21.1 Å². The molecule has 0 radical (unpaired) electrons. The molecule has 0 aliphatic rings. The van der Waals surface area contributed by atoms with Gasteiger partial charge in [0.2, 0.25) is 0 Å². The lowest BCUT2D eigenvalue weighted by Gasteiger charge is -1.89. The monoisotopic (exact) mass is 152 g/mol. The predicted octanol–water partition coefficient (Wildman–Crippen LogP) is 0.265. The zero-order valence-corrected chi connectivity index (χ0v) is 5.44. The van der Waals surface area contributed by atoms with E-state index in [-0.39, 0.29) is 11.5 Å². The summed E-state index contributed by atoms with van der Waals surface area (Å²) < 4.78 is 4.62. The first-order valence-electron chi connectivity index (χ1n) is 2.82. The van der Waals surface area contributed by atoms with Gasteiger partial charge in [0, 0.05) is 12.1 Å². The van der Waals surface area contributed by atoms with E-state index in [1.807, 2.05) is 0 Å². The molecule has 0 atom stereocenters. The van der Waals surface area contributed by atoms with Crippen molar-refractivity contribution in [1.29, 1.82) is 0 Å². The second kappa shape index (κ2) is 2.92. The van der Waals surface area contributed by atoms with Crippen LogP contribution in [0.4, 0.5) is 0 Å². The van der Waals surface area contributed by atoms with E-state index in [0.717, 1.165) is 12.1 Å².